The van der Waals surface area contributed by atoms with E-state index in [4.69, 9.17) is 10.1 Å². The van der Waals surface area contributed by atoms with E-state index in [-0.39, 0.29) is 17.1 Å². The van der Waals surface area contributed by atoms with E-state index < -0.39 is 11.8 Å². The van der Waals surface area contributed by atoms with E-state index in [9.17, 15) is 9.59 Å². The number of hydrogen-bond acceptors (Lipinski definition) is 4. The minimum Gasteiger partial charge on any atom is -0.337 e. The zero-order valence-electron chi connectivity index (χ0n) is 10.4. The summed E-state index contributed by atoms with van der Waals surface area (Å²) in [5.74, 6) is -1.47. The van der Waals surface area contributed by atoms with Gasteiger partial charge in [-0.2, -0.15) is 0 Å². The van der Waals surface area contributed by atoms with E-state index in [1.807, 2.05) is 0 Å². The molecule has 1 N–H and O–H groups in total. The first-order valence-corrected chi connectivity index (χ1v) is 5.55. The molecule has 0 bridgehead atoms. The zero-order valence-corrected chi connectivity index (χ0v) is 10.4. The number of amides is 2. The van der Waals surface area contributed by atoms with E-state index in [0.29, 0.717) is 5.56 Å². The van der Waals surface area contributed by atoms with Crippen molar-refractivity contribution in [3.8, 4) is 0 Å². The van der Waals surface area contributed by atoms with E-state index >= 15 is 0 Å². The van der Waals surface area contributed by atoms with Crippen LogP contribution >= 0.6 is 0 Å². The monoisotopic (exact) mass is 271 g/mol. The van der Waals surface area contributed by atoms with Crippen LogP contribution in [0.2, 0.25) is 0 Å². The molecule has 2 aromatic rings. The Balaban J connectivity index is 2.29. The third-order valence-corrected chi connectivity index (χ3v) is 2.48. The third kappa shape index (κ3) is 2.65. The lowest BCUT2D eigenvalue weighted by atomic mass is 10.2. The standard InChI is InChI=1S/C12H9N5O3/c1-7-9(11(19)15-17-13)12(20-16-7)14-10(18)8-5-3-2-4-6-8/h2-6H,1H3,(H,14,18). The molecule has 0 radical (unpaired) electrons. The lowest BCUT2D eigenvalue weighted by Crippen LogP contribution is -2.13. The topological polar surface area (TPSA) is 121 Å². The number of nitrogens with one attached hydrogen (secondary N) is 1. The lowest BCUT2D eigenvalue weighted by molar-refractivity contribution is 0.100. The highest BCUT2D eigenvalue weighted by molar-refractivity contribution is 6.08. The molecule has 1 heterocycles. The van der Waals surface area contributed by atoms with Gasteiger partial charge in [0.1, 0.15) is 5.56 Å². The minimum absolute atomic E-state index is 0.0629. The molecule has 8 heteroatoms. The van der Waals surface area contributed by atoms with Crippen LogP contribution < -0.4 is 5.32 Å². The summed E-state index contributed by atoms with van der Waals surface area (Å²) in [6.45, 7) is 1.50. The third-order valence-electron chi connectivity index (χ3n) is 2.48. The number of azide groups is 1. The van der Waals surface area contributed by atoms with Crippen LogP contribution in [0.3, 0.4) is 0 Å². The first kappa shape index (κ1) is 13.3. The molecule has 0 saturated heterocycles. The van der Waals surface area contributed by atoms with Gasteiger partial charge in [0, 0.05) is 10.5 Å². The molecule has 0 unspecified atom stereocenters. The molecule has 2 rings (SSSR count). The number of aromatic nitrogens is 1. The molecule has 8 nitrogen and oxygen atoms in total. The maximum Gasteiger partial charge on any atom is 0.258 e. The molecule has 0 atom stereocenters. The van der Waals surface area contributed by atoms with Crippen LogP contribution in [0.5, 0.6) is 0 Å². The van der Waals surface area contributed by atoms with Gasteiger partial charge in [0.05, 0.1) is 5.69 Å². The molecule has 100 valence electrons. The van der Waals surface area contributed by atoms with E-state index in [0.717, 1.165) is 0 Å². The van der Waals surface area contributed by atoms with Crippen molar-refractivity contribution in [2.75, 3.05) is 5.32 Å². The Kier molecular flexibility index (Phi) is 3.78. The highest BCUT2D eigenvalue weighted by Crippen LogP contribution is 2.21. The van der Waals surface area contributed by atoms with Crippen LogP contribution in [0.4, 0.5) is 5.88 Å². The van der Waals surface area contributed by atoms with Crippen LogP contribution in [-0.2, 0) is 0 Å². The van der Waals surface area contributed by atoms with E-state index in [1.54, 1.807) is 30.3 Å². The number of hydrogen-bond donors (Lipinski definition) is 1. The summed E-state index contributed by atoms with van der Waals surface area (Å²) in [4.78, 5) is 25.9. The van der Waals surface area contributed by atoms with E-state index in [2.05, 4.69) is 20.5 Å². The highest BCUT2D eigenvalue weighted by Gasteiger charge is 2.21. The van der Waals surface area contributed by atoms with Crippen LogP contribution in [0, 0.1) is 6.92 Å². The molecular weight excluding hydrogens is 262 g/mol. The first-order chi connectivity index (χ1) is 9.63. The van der Waals surface area contributed by atoms with Crippen molar-refractivity contribution >= 4 is 17.7 Å². The van der Waals surface area contributed by atoms with Crippen molar-refractivity contribution < 1.29 is 14.1 Å². The van der Waals surface area contributed by atoms with Crippen LogP contribution in [0.15, 0.2) is 40.0 Å². The quantitative estimate of drug-likeness (QED) is 0.523. The number of aryl methyl sites for hydroxylation is 1. The van der Waals surface area contributed by atoms with Crippen molar-refractivity contribution in [1.29, 1.82) is 0 Å². The fourth-order valence-corrected chi connectivity index (χ4v) is 1.56. The van der Waals surface area contributed by atoms with Crippen molar-refractivity contribution in [1.82, 2.24) is 5.16 Å². The molecule has 1 aromatic heterocycles. The van der Waals surface area contributed by atoms with Gasteiger partial charge in [-0.05, 0) is 29.7 Å². The van der Waals surface area contributed by atoms with Gasteiger partial charge in [-0.3, -0.25) is 14.9 Å². The summed E-state index contributed by atoms with van der Waals surface area (Å²) >= 11 is 0. The Morgan fingerprint density at radius 3 is 2.70 bits per heavy atom. The van der Waals surface area contributed by atoms with Crippen LogP contribution in [-0.4, -0.2) is 17.0 Å². The summed E-state index contributed by atoms with van der Waals surface area (Å²) in [6, 6.07) is 8.38. The van der Waals surface area contributed by atoms with Crippen molar-refractivity contribution in [3.63, 3.8) is 0 Å². The number of anilines is 1. The van der Waals surface area contributed by atoms with Gasteiger partial charge < -0.3 is 4.52 Å². The van der Waals surface area contributed by atoms with Crippen LogP contribution in [0.25, 0.3) is 10.4 Å². The van der Waals surface area contributed by atoms with Gasteiger partial charge in [0.15, 0.2) is 0 Å². The summed E-state index contributed by atoms with van der Waals surface area (Å²) < 4.78 is 4.87. The van der Waals surface area contributed by atoms with Gasteiger partial charge in [-0.1, -0.05) is 23.4 Å². The predicted molar refractivity (Wildman–Crippen MR) is 69.1 cm³/mol. The number of carbonyl (C=O) groups is 2. The normalized spacial score (nSPS) is 9.65. The molecule has 2 amide bonds. The largest absolute Gasteiger partial charge is 0.337 e. The molecule has 0 aliphatic rings. The van der Waals surface area contributed by atoms with Gasteiger partial charge in [-0.25, -0.2) is 0 Å². The maximum atomic E-state index is 11.9. The zero-order chi connectivity index (χ0) is 14.5. The first-order valence-electron chi connectivity index (χ1n) is 5.55. The van der Waals surface area contributed by atoms with E-state index in [1.165, 1.54) is 6.92 Å². The molecule has 1 aromatic carbocycles. The maximum absolute atomic E-state index is 11.9. The highest BCUT2D eigenvalue weighted by atomic mass is 16.5. The van der Waals surface area contributed by atoms with Crippen molar-refractivity contribution in [3.05, 3.63) is 57.6 Å². The lowest BCUT2D eigenvalue weighted by Gasteiger charge is -2.02. The molecular formula is C12H9N5O3. The summed E-state index contributed by atoms with van der Waals surface area (Å²) in [7, 11) is 0. The van der Waals surface area contributed by atoms with Gasteiger partial charge >= 0.3 is 0 Å². The average molecular weight is 271 g/mol. The number of benzene rings is 1. The summed E-state index contributed by atoms with van der Waals surface area (Å²) in [6.07, 6.45) is 0. The summed E-state index contributed by atoms with van der Waals surface area (Å²) in [5, 5.41) is 8.95. The second-order valence-corrected chi connectivity index (χ2v) is 3.79. The second-order valence-electron chi connectivity index (χ2n) is 3.79. The summed E-state index contributed by atoms with van der Waals surface area (Å²) in [5.41, 5.74) is 8.83. The van der Waals surface area contributed by atoms with Crippen molar-refractivity contribution in [2.45, 2.75) is 6.92 Å². The van der Waals surface area contributed by atoms with Crippen molar-refractivity contribution in [2.24, 2.45) is 5.11 Å². The molecule has 0 spiro atoms. The molecule has 0 saturated carbocycles. The molecule has 0 aliphatic heterocycles. The molecule has 0 aliphatic carbocycles. The van der Waals surface area contributed by atoms with Gasteiger partial charge in [-0.15, -0.1) is 0 Å². The van der Waals surface area contributed by atoms with Crippen LogP contribution in [0.1, 0.15) is 26.4 Å². The Bertz CT molecular complexity index is 701. The molecule has 20 heavy (non-hydrogen) atoms. The predicted octanol–water partition coefficient (Wildman–Crippen LogP) is 2.69. The fraction of sp³-hybridized carbons (Fsp3) is 0.0833. The molecule has 0 fully saturated rings. The Morgan fingerprint density at radius 1 is 1.35 bits per heavy atom. The Morgan fingerprint density at radius 2 is 2.05 bits per heavy atom. The number of nitrogens with zero attached hydrogens (tertiary/aromatic N) is 4. The van der Waals surface area contributed by atoms with Gasteiger partial charge in [0.2, 0.25) is 5.88 Å². The number of rotatable bonds is 3. The fourth-order valence-electron chi connectivity index (χ4n) is 1.56. The minimum atomic E-state index is -0.866. The second kappa shape index (κ2) is 5.68. The van der Waals surface area contributed by atoms with Gasteiger partial charge in [0.25, 0.3) is 11.8 Å². The SMILES string of the molecule is Cc1noc(NC(=O)c2ccccc2)c1C(=O)N=[N+]=[N-]. The Hall–Kier alpha value is -3.12. The smallest absolute Gasteiger partial charge is 0.258 e. The number of carbonyl (C=O) groups excluding carboxylic acids is 2. The Labute approximate surface area is 113 Å². The average Bonchev–Trinajstić information content (AvgIpc) is 2.81.